The molecule has 3 heteroatoms. The Morgan fingerprint density at radius 2 is 2.60 bits per heavy atom. The molecule has 1 fully saturated rings. The molecule has 0 radical (unpaired) electrons. The summed E-state index contributed by atoms with van der Waals surface area (Å²) < 4.78 is 4.97. The standard InChI is InChI=1S/C7H13NO2/c1-10-5-6-2-3-7(9)8-4-6/h6H,2-5H2,1H3,(H,8,9)/t6-/m0/s1. The van der Waals surface area contributed by atoms with Crippen molar-refractivity contribution < 1.29 is 9.53 Å². The molecule has 1 heterocycles. The maximum Gasteiger partial charge on any atom is 0.220 e. The number of hydrogen-bond donors (Lipinski definition) is 1. The van der Waals surface area contributed by atoms with E-state index in [2.05, 4.69) is 5.32 Å². The van der Waals surface area contributed by atoms with Crippen LogP contribution in [0.1, 0.15) is 12.8 Å². The summed E-state index contributed by atoms with van der Waals surface area (Å²) in [6.45, 7) is 1.55. The van der Waals surface area contributed by atoms with E-state index < -0.39 is 0 Å². The van der Waals surface area contributed by atoms with Crippen molar-refractivity contribution in [3.05, 3.63) is 0 Å². The van der Waals surface area contributed by atoms with Gasteiger partial charge in [-0.3, -0.25) is 4.79 Å². The van der Waals surface area contributed by atoms with Crippen molar-refractivity contribution in [2.24, 2.45) is 5.92 Å². The lowest BCUT2D eigenvalue weighted by molar-refractivity contribution is -0.123. The predicted molar refractivity (Wildman–Crippen MR) is 37.6 cm³/mol. The molecular formula is C7H13NO2. The average molecular weight is 143 g/mol. The number of carbonyl (C=O) groups excluding carboxylic acids is 1. The highest BCUT2D eigenvalue weighted by Gasteiger charge is 2.16. The first kappa shape index (κ1) is 7.54. The number of carbonyl (C=O) groups is 1. The molecule has 1 amide bonds. The molecule has 1 aliphatic heterocycles. The van der Waals surface area contributed by atoms with Gasteiger partial charge in [0, 0.05) is 26.0 Å². The third kappa shape index (κ3) is 1.99. The van der Waals surface area contributed by atoms with Gasteiger partial charge in [0.2, 0.25) is 5.91 Å². The Morgan fingerprint density at radius 3 is 3.10 bits per heavy atom. The van der Waals surface area contributed by atoms with Crippen molar-refractivity contribution >= 4 is 5.91 Å². The largest absolute Gasteiger partial charge is 0.384 e. The Hall–Kier alpha value is -0.570. The number of amides is 1. The van der Waals surface area contributed by atoms with E-state index >= 15 is 0 Å². The fourth-order valence-electron chi connectivity index (χ4n) is 1.16. The lowest BCUT2D eigenvalue weighted by Gasteiger charge is -2.20. The molecule has 0 aliphatic carbocycles. The van der Waals surface area contributed by atoms with Crippen LogP contribution in [0.25, 0.3) is 0 Å². The lowest BCUT2D eigenvalue weighted by Crippen LogP contribution is -2.36. The molecule has 0 aromatic heterocycles. The van der Waals surface area contributed by atoms with E-state index in [1.54, 1.807) is 7.11 Å². The van der Waals surface area contributed by atoms with Gasteiger partial charge >= 0.3 is 0 Å². The number of hydrogen-bond acceptors (Lipinski definition) is 2. The molecule has 1 atom stereocenters. The first-order valence-corrected chi connectivity index (χ1v) is 3.58. The maximum atomic E-state index is 10.7. The molecule has 1 saturated heterocycles. The molecule has 3 nitrogen and oxygen atoms in total. The highest BCUT2D eigenvalue weighted by Crippen LogP contribution is 2.09. The topological polar surface area (TPSA) is 38.3 Å². The fraction of sp³-hybridized carbons (Fsp3) is 0.857. The maximum absolute atomic E-state index is 10.7. The van der Waals surface area contributed by atoms with Crippen molar-refractivity contribution in [2.45, 2.75) is 12.8 Å². The molecule has 0 spiro atoms. The van der Waals surface area contributed by atoms with Gasteiger partial charge in [0.15, 0.2) is 0 Å². The van der Waals surface area contributed by atoms with E-state index in [9.17, 15) is 4.79 Å². The van der Waals surface area contributed by atoms with E-state index in [1.807, 2.05) is 0 Å². The quantitative estimate of drug-likeness (QED) is 0.598. The van der Waals surface area contributed by atoms with Crippen molar-refractivity contribution in [3.63, 3.8) is 0 Å². The molecule has 0 saturated carbocycles. The molecule has 0 aromatic carbocycles. The summed E-state index contributed by atoms with van der Waals surface area (Å²) in [5.41, 5.74) is 0. The molecule has 0 aromatic rings. The van der Waals surface area contributed by atoms with Gasteiger partial charge in [0.25, 0.3) is 0 Å². The van der Waals surface area contributed by atoms with Gasteiger partial charge in [-0.2, -0.15) is 0 Å². The monoisotopic (exact) mass is 143 g/mol. The summed E-state index contributed by atoms with van der Waals surface area (Å²) in [7, 11) is 1.69. The summed E-state index contributed by atoms with van der Waals surface area (Å²) in [5, 5.41) is 2.80. The number of nitrogens with one attached hydrogen (secondary N) is 1. The summed E-state index contributed by atoms with van der Waals surface area (Å²) >= 11 is 0. The number of rotatable bonds is 2. The van der Waals surface area contributed by atoms with Gasteiger partial charge in [0.1, 0.15) is 0 Å². The van der Waals surface area contributed by atoms with Gasteiger partial charge in [0.05, 0.1) is 6.61 Å². The first-order valence-electron chi connectivity index (χ1n) is 3.58. The Labute approximate surface area is 60.7 Å². The summed E-state index contributed by atoms with van der Waals surface area (Å²) in [6, 6.07) is 0. The zero-order valence-corrected chi connectivity index (χ0v) is 6.22. The second-order valence-electron chi connectivity index (χ2n) is 2.66. The third-order valence-electron chi connectivity index (χ3n) is 1.77. The van der Waals surface area contributed by atoms with Crippen LogP contribution in [0.3, 0.4) is 0 Å². The highest BCUT2D eigenvalue weighted by molar-refractivity contribution is 5.76. The summed E-state index contributed by atoms with van der Waals surface area (Å²) in [4.78, 5) is 10.7. The van der Waals surface area contributed by atoms with E-state index in [1.165, 1.54) is 0 Å². The minimum absolute atomic E-state index is 0.173. The zero-order chi connectivity index (χ0) is 7.40. The fourth-order valence-corrected chi connectivity index (χ4v) is 1.16. The van der Waals surface area contributed by atoms with Crippen molar-refractivity contribution in [1.29, 1.82) is 0 Å². The number of piperidine rings is 1. The van der Waals surface area contributed by atoms with Crippen LogP contribution in [-0.4, -0.2) is 26.2 Å². The van der Waals surface area contributed by atoms with Crippen LogP contribution in [0.2, 0.25) is 0 Å². The molecule has 1 N–H and O–H groups in total. The van der Waals surface area contributed by atoms with E-state index in [0.717, 1.165) is 19.6 Å². The van der Waals surface area contributed by atoms with Gasteiger partial charge in [-0.05, 0) is 6.42 Å². The number of methoxy groups -OCH3 is 1. The molecule has 58 valence electrons. The van der Waals surface area contributed by atoms with Crippen LogP contribution in [0.4, 0.5) is 0 Å². The van der Waals surface area contributed by atoms with Gasteiger partial charge in [-0.25, -0.2) is 0 Å². The summed E-state index contributed by atoms with van der Waals surface area (Å²) in [5.74, 6) is 0.704. The van der Waals surface area contributed by atoms with Crippen molar-refractivity contribution in [2.75, 3.05) is 20.3 Å². The second-order valence-corrected chi connectivity index (χ2v) is 2.66. The molecular weight excluding hydrogens is 130 g/mol. The minimum Gasteiger partial charge on any atom is -0.384 e. The van der Waals surface area contributed by atoms with Crippen LogP contribution in [-0.2, 0) is 9.53 Å². The Kier molecular flexibility index (Phi) is 2.68. The van der Waals surface area contributed by atoms with Gasteiger partial charge in [-0.1, -0.05) is 0 Å². The van der Waals surface area contributed by atoms with Gasteiger partial charge < -0.3 is 10.1 Å². The second kappa shape index (κ2) is 3.56. The average Bonchev–Trinajstić information content (AvgIpc) is 1.95. The van der Waals surface area contributed by atoms with Crippen LogP contribution in [0.15, 0.2) is 0 Å². The van der Waals surface area contributed by atoms with Crippen LogP contribution >= 0.6 is 0 Å². The van der Waals surface area contributed by atoms with Gasteiger partial charge in [-0.15, -0.1) is 0 Å². The van der Waals surface area contributed by atoms with Crippen LogP contribution in [0, 0.1) is 5.92 Å². The van der Waals surface area contributed by atoms with E-state index in [0.29, 0.717) is 12.3 Å². The predicted octanol–water partition coefficient (Wildman–Crippen LogP) is 0.159. The van der Waals surface area contributed by atoms with Crippen LogP contribution in [0.5, 0.6) is 0 Å². The third-order valence-corrected chi connectivity index (χ3v) is 1.77. The van der Waals surface area contributed by atoms with E-state index in [4.69, 9.17) is 4.74 Å². The smallest absolute Gasteiger partial charge is 0.220 e. The Balaban J connectivity index is 2.19. The molecule has 10 heavy (non-hydrogen) atoms. The molecule has 0 bridgehead atoms. The lowest BCUT2D eigenvalue weighted by atomic mass is 10.0. The Bertz CT molecular complexity index is 115. The Morgan fingerprint density at radius 1 is 1.80 bits per heavy atom. The van der Waals surface area contributed by atoms with Crippen LogP contribution < -0.4 is 5.32 Å². The highest BCUT2D eigenvalue weighted by atomic mass is 16.5. The number of ether oxygens (including phenoxy) is 1. The molecule has 0 unspecified atom stereocenters. The van der Waals surface area contributed by atoms with E-state index in [-0.39, 0.29) is 5.91 Å². The zero-order valence-electron chi connectivity index (χ0n) is 6.22. The van der Waals surface area contributed by atoms with Crippen molar-refractivity contribution in [3.8, 4) is 0 Å². The summed E-state index contributed by atoms with van der Waals surface area (Å²) in [6.07, 6.45) is 1.63. The first-order chi connectivity index (χ1) is 4.83. The van der Waals surface area contributed by atoms with Crippen molar-refractivity contribution in [1.82, 2.24) is 5.32 Å². The molecule has 1 rings (SSSR count). The SMILES string of the molecule is COC[C@H]1CCC(=O)NC1. The normalized spacial score (nSPS) is 26.1. The molecule has 1 aliphatic rings. The minimum atomic E-state index is 0.173.